The normalized spacial score (nSPS) is 11.9. The molecular weight excluding hydrogens is 246 g/mol. The Morgan fingerprint density at radius 2 is 2.37 bits per heavy atom. The van der Waals surface area contributed by atoms with Gasteiger partial charge >= 0.3 is 0 Å². The molecule has 100 valence electrons. The fourth-order valence-electron chi connectivity index (χ4n) is 1.54. The number of ether oxygens (including phenoxy) is 1. The van der Waals surface area contributed by atoms with Crippen molar-refractivity contribution in [2.24, 2.45) is 0 Å². The number of hydrogen-bond acceptors (Lipinski definition) is 5. The molecule has 0 aliphatic rings. The number of carbonyl (C=O) groups is 1. The van der Waals surface area contributed by atoms with E-state index in [-0.39, 0.29) is 12.0 Å². The molecule has 2 rings (SSSR count). The largest absolute Gasteiger partial charge is 0.487 e. The van der Waals surface area contributed by atoms with Gasteiger partial charge in [0, 0.05) is 6.20 Å². The van der Waals surface area contributed by atoms with Crippen molar-refractivity contribution in [3.63, 3.8) is 0 Å². The van der Waals surface area contributed by atoms with Crippen LogP contribution in [-0.4, -0.2) is 28.7 Å². The van der Waals surface area contributed by atoms with Crippen molar-refractivity contribution >= 4 is 5.91 Å². The van der Waals surface area contributed by atoms with Crippen molar-refractivity contribution < 1.29 is 14.1 Å². The fraction of sp³-hybridized carbons (Fsp3) is 0.308. The van der Waals surface area contributed by atoms with Crippen LogP contribution in [-0.2, 0) is 0 Å². The van der Waals surface area contributed by atoms with Gasteiger partial charge in [0.2, 0.25) is 0 Å². The molecule has 0 aromatic carbocycles. The third-order valence-electron chi connectivity index (χ3n) is 2.52. The Hall–Kier alpha value is -2.37. The highest BCUT2D eigenvalue weighted by atomic mass is 16.5. The summed E-state index contributed by atoms with van der Waals surface area (Å²) in [5.41, 5.74) is 0.438. The molecule has 6 nitrogen and oxygen atoms in total. The first kappa shape index (κ1) is 13.1. The Balaban J connectivity index is 1.82. The number of pyridine rings is 1. The molecule has 1 N–H and O–H groups in total. The lowest BCUT2D eigenvalue weighted by atomic mass is 10.2. The number of carbonyl (C=O) groups excluding carboxylic acids is 1. The van der Waals surface area contributed by atoms with E-state index in [1.165, 1.54) is 6.20 Å². The summed E-state index contributed by atoms with van der Waals surface area (Å²) in [5.74, 6) is 0.948. The topological polar surface area (TPSA) is 77.2 Å². The molecule has 1 amide bonds. The number of hydrogen-bond donors (Lipinski definition) is 1. The van der Waals surface area contributed by atoms with Gasteiger partial charge in [0.15, 0.2) is 0 Å². The Labute approximate surface area is 110 Å². The zero-order valence-electron chi connectivity index (χ0n) is 10.8. The quantitative estimate of drug-likeness (QED) is 0.884. The van der Waals surface area contributed by atoms with Crippen LogP contribution < -0.4 is 10.1 Å². The van der Waals surface area contributed by atoms with Crippen molar-refractivity contribution in [3.8, 4) is 5.75 Å². The predicted octanol–water partition coefficient (Wildman–Crippen LogP) is 1.58. The van der Waals surface area contributed by atoms with Gasteiger partial charge in [0.05, 0.1) is 18.9 Å². The molecule has 19 heavy (non-hydrogen) atoms. The third-order valence-corrected chi connectivity index (χ3v) is 2.52. The predicted molar refractivity (Wildman–Crippen MR) is 67.9 cm³/mol. The monoisotopic (exact) mass is 261 g/mol. The number of aryl methyl sites for hydroxylation is 1. The molecular formula is C13H15N3O3. The van der Waals surface area contributed by atoms with Gasteiger partial charge in [0.25, 0.3) is 5.91 Å². The second kappa shape index (κ2) is 5.99. The van der Waals surface area contributed by atoms with E-state index in [0.717, 1.165) is 0 Å². The van der Waals surface area contributed by atoms with Crippen molar-refractivity contribution in [2.45, 2.75) is 20.0 Å². The summed E-state index contributed by atoms with van der Waals surface area (Å²) in [7, 11) is 0. The van der Waals surface area contributed by atoms with Crippen LogP contribution in [0.1, 0.15) is 23.0 Å². The molecule has 1 unspecified atom stereocenters. The molecule has 0 fully saturated rings. The summed E-state index contributed by atoms with van der Waals surface area (Å²) < 4.78 is 10.4. The Kier molecular flexibility index (Phi) is 4.12. The highest BCUT2D eigenvalue weighted by Gasteiger charge is 2.13. The van der Waals surface area contributed by atoms with Gasteiger partial charge in [-0.2, -0.15) is 0 Å². The maximum Gasteiger partial charge on any atom is 0.256 e. The van der Waals surface area contributed by atoms with E-state index in [9.17, 15) is 4.79 Å². The van der Waals surface area contributed by atoms with E-state index in [1.807, 2.05) is 13.0 Å². The molecule has 0 saturated heterocycles. The van der Waals surface area contributed by atoms with E-state index >= 15 is 0 Å². The number of nitrogens with one attached hydrogen (secondary N) is 1. The molecule has 6 heteroatoms. The molecule has 2 aromatic rings. The molecule has 1 atom stereocenters. The van der Waals surface area contributed by atoms with Gasteiger partial charge < -0.3 is 14.6 Å². The van der Waals surface area contributed by atoms with Crippen molar-refractivity contribution in [2.75, 3.05) is 6.54 Å². The van der Waals surface area contributed by atoms with E-state index in [1.54, 1.807) is 25.4 Å². The lowest BCUT2D eigenvalue weighted by molar-refractivity contribution is 0.0930. The van der Waals surface area contributed by atoms with Gasteiger partial charge in [-0.3, -0.25) is 9.78 Å². The number of rotatable bonds is 5. The molecule has 0 saturated carbocycles. The first-order valence-corrected chi connectivity index (χ1v) is 5.93. The van der Waals surface area contributed by atoms with E-state index in [0.29, 0.717) is 23.6 Å². The minimum Gasteiger partial charge on any atom is -0.487 e. The van der Waals surface area contributed by atoms with Crippen LogP contribution >= 0.6 is 0 Å². The summed E-state index contributed by atoms with van der Waals surface area (Å²) in [6, 6.07) is 3.61. The minimum atomic E-state index is -0.222. The van der Waals surface area contributed by atoms with Crippen LogP contribution in [0.15, 0.2) is 35.2 Å². The van der Waals surface area contributed by atoms with Crippen LogP contribution in [0.5, 0.6) is 5.75 Å². The summed E-state index contributed by atoms with van der Waals surface area (Å²) in [5, 5.41) is 6.32. The Bertz CT molecular complexity index is 539. The van der Waals surface area contributed by atoms with Crippen molar-refractivity contribution in [1.29, 1.82) is 0 Å². The Morgan fingerprint density at radius 3 is 3.00 bits per heavy atom. The highest BCUT2D eigenvalue weighted by molar-refractivity contribution is 5.94. The maximum absolute atomic E-state index is 11.8. The molecule has 2 aromatic heterocycles. The second-order valence-electron chi connectivity index (χ2n) is 4.12. The minimum absolute atomic E-state index is 0.159. The molecule has 0 aliphatic heterocycles. The van der Waals surface area contributed by atoms with Gasteiger partial charge in [-0.15, -0.1) is 0 Å². The van der Waals surface area contributed by atoms with Crippen LogP contribution in [0.25, 0.3) is 0 Å². The molecule has 2 heterocycles. The SMILES string of the molecule is Cc1oncc1C(=O)NCC(C)Oc1cccnc1. The van der Waals surface area contributed by atoms with Gasteiger partial charge in [0.1, 0.15) is 23.2 Å². The molecule has 0 spiro atoms. The van der Waals surface area contributed by atoms with Crippen LogP contribution in [0.2, 0.25) is 0 Å². The van der Waals surface area contributed by atoms with Crippen molar-refractivity contribution in [1.82, 2.24) is 15.5 Å². The van der Waals surface area contributed by atoms with Gasteiger partial charge in [-0.05, 0) is 26.0 Å². The zero-order chi connectivity index (χ0) is 13.7. The highest BCUT2D eigenvalue weighted by Crippen LogP contribution is 2.09. The fourth-order valence-corrected chi connectivity index (χ4v) is 1.54. The van der Waals surface area contributed by atoms with Gasteiger partial charge in [-0.25, -0.2) is 0 Å². The van der Waals surface area contributed by atoms with Crippen LogP contribution in [0.4, 0.5) is 0 Å². The zero-order valence-corrected chi connectivity index (χ0v) is 10.8. The first-order valence-electron chi connectivity index (χ1n) is 5.93. The average Bonchev–Trinajstić information content (AvgIpc) is 2.83. The number of aromatic nitrogens is 2. The first-order chi connectivity index (χ1) is 9.16. The third kappa shape index (κ3) is 3.54. The van der Waals surface area contributed by atoms with E-state index in [2.05, 4.69) is 15.5 Å². The Morgan fingerprint density at radius 1 is 1.53 bits per heavy atom. The lowest BCUT2D eigenvalue weighted by Gasteiger charge is -2.14. The standard InChI is InChI=1S/C13H15N3O3/c1-9(18-11-4-3-5-14-7-11)6-15-13(17)12-8-16-19-10(12)2/h3-5,7-9H,6H2,1-2H3,(H,15,17). The average molecular weight is 261 g/mol. The van der Waals surface area contributed by atoms with Crippen molar-refractivity contribution in [3.05, 3.63) is 42.0 Å². The molecule has 0 bridgehead atoms. The van der Waals surface area contributed by atoms with Crippen LogP contribution in [0.3, 0.4) is 0 Å². The summed E-state index contributed by atoms with van der Waals surface area (Å²) in [4.78, 5) is 15.8. The number of amides is 1. The summed E-state index contributed by atoms with van der Waals surface area (Å²) in [6.45, 7) is 3.95. The van der Waals surface area contributed by atoms with Gasteiger partial charge in [-0.1, -0.05) is 5.16 Å². The number of nitrogens with zero attached hydrogens (tertiary/aromatic N) is 2. The van der Waals surface area contributed by atoms with Crippen LogP contribution in [0, 0.1) is 6.92 Å². The van der Waals surface area contributed by atoms with E-state index < -0.39 is 0 Å². The summed E-state index contributed by atoms with van der Waals surface area (Å²) in [6.07, 6.45) is 4.54. The maximum atomic E-state index is 11.8. The van der Waals surface area contributed by atoms with E-state index in [4.69, 9.17) is 9.26 Å². The second-order valence-corrected chi connectivity index (χ2v) is 4.12. The lowest BCUT2D eigenvalue weighted by Crippen LogP contribution is -2.33. The smallest absolute Gasteiger partial charge is 0.256 e. The molecule has 0 aliphatic carbocycles. The summed E-state index contributed by atoms with van der Waals surface area (Å²) >= 11 is 0. The molecule has 0 radical (unpaired) electrons.